The summed E-state index contributed by atoms with van der Waals surface area (Å²) in [6, 6.07) is 1.52. The third kappa shape index (κ3) is 2.04. The number of ether oxygens (including phenoxy) is 1. The summed E-state index contributed by atoms with van der Waals surface area (Å²) >= 11 is 0. The van der Waals surface area contributed by atoms with Gasteiger partial charge in [-0.05, 0) is 6.07 Å². The topological polar surface area (TPSA) is 67.5 Å². The Morgan fingerprint density at radius 1 is 1.73 bits per heavy atom. The fourth-order valence-corrected chi connectivity index (χ4v) is 0.719. The molecule has 1 rings (SSSR count). The summed E-state index contributed by atoms with van der Waals surface area (Å²) in [6.45, 7) is 0.312. The van der Waals surface area contributed by atoms with Gasteiger partial charge in [-0.15, -0.1) is 0 Å². The highest BCUT2D eigenvalue weighted by molar-refractivity contribution is 6.57. The van der Waals surface area contributed by atoms with Gasteiger partial charge in [-0.1, -0.05) is 0 Å². The molecule has 6 heteroatoms. The molecule has 0 aliphatic heterocycles. The summed E-state index contributed by atoms with van der Waals surface area (Å²) in [5, 5.41) is 21.1. The van der Waals surface area contributed by atoms with Gasteiger partial charge in [-0.2, -0.15) is 5.10 Å². The van der Waals surface area contributed by atoms with Crippen LogP contribution in [0.25, 0.3) is 0 Å². The molecule has 0 saturated heterocycles. The van der Waals surface area contributed by atoms with Crippen molar-refractivity contribution in [2.45, 2.75) is 6.73 Å². The van der Waals surface area contributed by atoms with Crippen LogP contribution in [-0.4, -0.2) is 34.1 Å². The van der Waals surface area contributed by atoms with Crippen molar-refractivity contribution in [1.29, 1.82) is 0 Å². The van der Waals surface area contributed by atoms with Crippen LogP contribution in [0.15, 0.2) is 12.3 Å². The lowest BCUT2D eigenvalue weighted by Crippen LogP contribution is -2.31. The molecule has 0 saturated carbocycles. The van der Waals surface area contributed by atoms with E-state index in [4.69, 9.17) is 14.8 Å². The van der Waals surface area contributed by atoms with E-state index in [0.29, 0.717) is 6.73 Å². The molecule has 0 bridgehead atoms. The summed E-state index contributed by atoms with van der Waals surface area (Å²) in [5.41, 5.74) is 0.224. The molecule has 0 amide bonds. The predicted molar refractivity (Wildman–Crippen MR) is 39.1 cm³/mol. The zero-order valence-electron chi connectivity index (χ0n) is 6.14. The highest BCUT2D eigenvalue weighted by atomic mass is 16.5. The minimum atomic E-state index is -1.51. The van der Waals surface area contributed by atoms with Crippen LogP contribution in [0.4, 0.5) is 0 Å². The van der Waals surface area contributed by atoms with Gasteiger partial charge in [0.2, 0.25) is 0 Å². The lowest BCUT2D eigenvalue weighted by molar-refractivity contribution is 0.121. The summed E-state index contributed by atoms with van der Waals surface area (Å²) in [6.07, 6.45) is 1.61. The lowest BCUT2D eigenvalue weighted by atomic mass is 9.87. The molecule has 0 aromatic carbocycles. The van der Waals surface area contributed by atoms with Gasteiger partial charge in [0.1, 0.15) is 6.73 Å². The van der Waals surface area contributed by atoms with Gasteiger partial charge in [0.25, 0.3) is 0 Å². The molecule has 11 heavy (non-hydrogen) atoms. The maximum Gasteiger partial charge on any atom is 0.510 e. The van der Waals surface area contributed by atoms with E-state index in [1.807, 2.05) is 0 Å². The first-order chi connectivity index (χ1) is 5.24. The first-order valence-corrected chi connectivity index (χ1v) is 3.12. The molecular formula is C5H9BN2O3. The first-order valence-electron chi connectivity index (χ1n) is 3.12. The standard InChI is InChI=1S/C5H9BN2O3/c1-11-4-8-3-2-5(7-8)6(9)10/h2-3,9-10H,4H2,1H3. The second-order valence-corrected chi connectivity index (χ2v) is 2.07. The van der Waals surface area contributed by atoms with E-state index < -0.39 is 7.12 Å². The Morgan fingerprint density at radius 2 is 2.45 bits per heavy atom. The first kappa shape index (κ1) is 8.25. The van der Waals surface area contributed by atoms with E-state index in [1.165, 1.54) is 17.9 Å². The number of hydrogen-bond donors (Lipinski definition) is 2. The molecule has 2 N–H and O–H groups in total. The smallest absolute Gasteiger partial charge is 0.422 e. The van der Waals surface area contributed by atoms with Gasteiger partial charge >= 0.3 is 7.12 Å². The second-order valence-electron chi connectivity index (χ2n) is 2.07. The van der Waals surface area contributed by atoms with Gasteiger partial charge in [0.05, 0.1) is 5.59 Å². The Hall–Kier alpha value is -0.845. The Morgan fingerprint density at radius 3 is 2.91 bits per heavy atom. The van der Waals surface area contributed by atoms with Crippen LogP contribution in [0, 0.1) is 0 Å². The van der Waals surface area contributed by atoms with Gasteiger partial charge in [0, 0.05) is 13.3 Å². The van der Waals surface area contributed by atoms with Crippen LogP contribution in [0.2, 0.25) is 0 Å². The largest absolute Gasteiger partial charge is 0.510 e. The number of aromatic nitrogens is 2. The maximum atomic E-state index is 8.64. The highest BCUT2D eigenvalue weighted by Crippen LogP contribution is 1.83. The molecule has 60 valence electrons. The predicted octanol–water partition coefficient (Wildman–Crippen LogP) is -1.83. The molecule has 0 radical (unpaired) electrons. The van der Waals surface area contributed by atoms with Crippen LogP contribution in [0.1, 0.15) is 0 Å². The normalized spacial score (nSPS) is 10.1. The van der Waals surface area contributed by atoms with Crippen LogP contribution >= 0.6 is 0 Å². The number of nitrogens with zero attached hydrogens (tertiary/aromatic N) is 2. The van der Waals surface area contributed by atoms with Gasteiger partial charge < -0.3 is 14.8 Å². The molecule has 1 aromatic rings. The molecule has 0 atom stereocenters. The van der Waals surface area contributed by atoms with Crippen molar-refractivity contribution in [1.82, 2.24) is 9.78 Å². The minimum Gasteiger partial charge on any atom is -0.422 e. The van der Waals surface area contributed by atoms with E-state index >= 15 is 0 Å². The summed E-state index contributed by atoms with van der Waals surface area (Å²) in [7, 11) is 0.0320. The van der Waals surface area contributed by atoms with Crippen LogP contribution in [0.3, 0.4) is 0 Å². The molecule has 0 fully saturated rings. The Bertz CT molecular complexity index is 225. The zero-order valence-corrected chi connectivity index (χ0v) is 6.14. The van der Waals surface area contributed by atoms with Crippen molar-refractivity contribution in [3.63, 3.8) is 0 Å². The Kier molecular flexibility index (Phi) is 2.64. The SMILES string of the molecule is COCn1ccc(B(O)O)n1. The maximum absolute atomic E-state index is 8.64. The Balaban J connectivity index is 2.66. The van der Waals surface area contributed by atoms with E-state index in [-0.39, 0.29) is 5.59 Å². The number of hydrogen-bond acceptors (Lipinski definition) is 4. The van der Waals surface area contributed by atoms with Crippen molar-refractivity contribution >= 4 is 12.7 Å². The van der Waals surface area contributed by atoms with E-state index in [0.717, 1.165) is 0 Å². The fraction of sp³-hybridized carbons (Fsp3) is 0.400. The van der Waals surface area contributed by atoms with Crippen LogP contribution in [-0.2, 0) is 11.5 Å². The molecule has 0 unspecified atom stereocenters. The molecule has 1 aromatic heterocycles. The van der Waals surface area contributed by atoms with Crippen LogP contribution < -0.4 is 5.59 Å². The van der Waals surface area contributed by atoms with Gasteiger partial charge in [-0.25, -0.2) is 4.68 Å². The quantitative estimate of drug-likeness (QED) is 0.505. The minimum absolute atomic E-state index is 0.224. The number of methoxy groups -OCH3 is 1. The molecule has 0 aliphatic rings. The molecule has 1 heterocycles. The fourth-order valence-electron chi connectivity index (χ4n) is 0.719. The summed E-state index contributed by atoms with van der Waals surface area (Å²) < 4.78 is 6.23. The average molecular weight is 156 g/mol. The van der Waals surface area contributed by atoms with Crippen molar-refractivity contribution in [2.75, 3.05) is 7.11 Å². The highest BCUT2D eigenvalue weighted by Gasteiger charge is 2.13. The summed E-state index contributed by atoms with van der Waals surface area (Å²) in [5.74, 6) is 0. The van der Waals surface area contributed by atoms with Crippen LogP contribution in [0.5, 0.6) is 0 Å². The molecule has 5 nitrogen and oxygen atoms in total. The van der Waals surface area contributed by atoms with Gasteiger partial charge in [0.15, 0.2) is 0 Å². The third-order valence-corrected chi connectivity index (χ3v) is 1.19. The Labute approximate surface area is 64.4 Å². The van der Waals surface area contributed by atoms with Crippen molar-refractivity contribution in [3.05, 3.63) is 12.3 Å². The molecule has 0 spiro atoms. The van der Waals surface area contributed by atoms with Gasteiger partial charge in [-0.3, -0.25) is 0 Å². The zero-order chi connectivity index (χ0) is 8.27. The summed E-state index contributed by atoms with van der Waals surface area (Å²) in [4.78, 5) is 0. The van der Waals surface area contributed by atoms with E-state index in [1.54, 1.807) is 6.20 Å². The van der Waals surface area contributed by atoms with Crippen molar-refractivity contribution in [3.8, 4) is 0 Å². The number of rotatable bonds is 3. The average Bonchev–Trinajstić information content (AvgIpc) is 2.37. The van der Waals surface area contributed by atoms with Crippen molar-refractivity contribution < 1.29 is 14.8 Å². The molecular weight excluding hydrogens is 147 g/mol. The van der Waals surface area contributed by atoms with E-state index in [9.17, 15) is 0 Å². The lowest BCUT2D eigenvalue weighted by Gasteiger charge is -1.96. The third-order valence-electron chi connectivity index (χ3n) is 1.19. The van der Waals surface area contributed by atoms with E-state index in [2.05, 4.69) is 5.10 Å². The monoisotopic (exact) mass is 156 g/mol. The second kappa shape index (κ2) is 3.52. The molecule has 0 aliphatic carbocycles. The van der Waals surface area contributed by atoms with Crippen molar-refractivity contribution in [2.24, 2.45) is 0 Å².